The zero-order chi connectivity index (χ0) is 18.4. The fourth-order valence-corrected chi connectivity index (χ4v) is 3.28. The van der Waals surface area contributed by atoms with Gasteiger partial charge < -0.3 is 9.42 Å². The normalized spacial score (nSPS) is 17.6. The number of carbonyl (C=O) groups excluding carboxylic acids is 1. The molecule has 7 nitrogen and oxygen atoms in total. The molecule has 1 saturated heterocycles. The Bertz CT molecular complexity index is 977. The van der Waals surface area contributed by atoms with Crippen molar-refractivity contribution in [2.45, 2.75) is 45.6 Å². The average molecular weight is 357 g/mol. The minimum Gasteiger partial charge on any atom is -0.337 e. The van der Waals surface area contributed by atoms with Gasteiger partial charge >= 0.3 is 0 Å². The lowest BCUT2D eigenvalue weighted by Crippen LogP contribution is -2.31. The highest BCUT2D eigenvalue weighted by molar-refractivity contribution is 5.93. The van der Waals surface area contributed by atoms with Crippen LogP contribution in [0.25, 0.3) is 5.65 Å². The molecule has 3 aromatic rings. The number of halogens is 1. The van der Waals surface area contributed by atoms with Crippen LogP contribution in [0.2, 0.25) is 0 Å². The highest BCUT2D eigenvalue weighted by atomic mass is 19.1. The van der Waals surface area contributed by atoms with E-state index in [2.05, 4.69) is 15.1 Å². The lowest BCUT2D eigenvalue weighted by molar-refractivity contribution is 0.0699. The van der Waals surface area contributed by atoms with Crippen LogP contribution in [0.3, 0.4) is 0 Å². The number of likely N-dealkylation sites (tertiary alicyclic amines) is 1. The Labute approximate surface area is 149 Å². The Morgan fingerprint density at radius 1 is 1.35 bits per heavy atom. The van der Waals surface area contributed by atoms with E-state index in [1.807, 2.05) is 26.8 Å². The van der Waals surface area contributed by atoms with Crippen molar-refractivity contribution in [1.82, 2.24) is 24.4 Å². The van der Waals surface area contributed by atoms with Gasteiger partial charge in [0, 0.05) is 18.7 Å². The van der Waals surface area contributed by atoms with E-state index in [-0.39, 0.29) is 17.7 Å². The number of nitrogens with zero attached hydrogens (tertiary/aromatic N) is 5. The summed E-state index contributed by atoms with van der Waals surface area (Å²) in [7, 11) is 0. The molecule has 4 heterocycles. The molecule has 0 saturated carbocycles. The van der Waals surface area contributed by atoms with Gasteiger partial charge in [0.15, 0.2) is 11.5 Å². The maximum atomic E-state index is 14.8. The number of aryl methyl sites for hydroxylation is 1. The Kier molecular flexibility index (Phi) is 3.97. The predicted molar refractivity (Wildman–Crippen MR) is 91.3 cm³/mol. The number of fused-ring (bicyclic) bond motifs is 1. The van der Waals surface area contributed by atoms with Gasteiger partial charge in [0.05, 0.1) is 0 Å². The van der Waals surface area contributed by atoms with Gasteiger partial charge in [0.1, 0.15) is 11.7 Å². The molecule has 0 aliphatic carbocycles. The number of hydrogen-bond acceptors (Lipinski definition) is 5. The van der Waals surface area contributed by atoms with Gasteiger partial charge in [0.2, 0.25) is 11.8 Å². The van der Waals surface area contributed by atoms with Gasteiger partial charge in [-0.15, -0.1) is 0 Å². The number of imidazole rings is 1. The van der Waals surface area contributed by atoms with Crippen LogP contribution in [-0.4, -0.2) is 36.9 Å². The van der Waals surface area contributed by atoms with Crippen molar-refractivity contribution in [3.8, 4) is 0 Å². The van der Waals surface area contributed by atoms with E-state index in [0.29, 0.717) is 30.3 Å². The quantitative estimate of drug-likeness (QED) is 0.719. The van der Waals surface area contributed by atoms with Crippen LogP contribution in [0.4, 0.5) is 4.39 Å². The standard InChI is InChI=1S/C18H20FN5O2/c1-10(2)16-21-17(26-22-16)12-5-4-8-23(12)18(25)14-15(19)24-9-11(3)6-7-13(24)20-14/h6-7,9-10,12H,4-5,8H2,1-3H3/t12-/m0/s1. The molecule has 4 rings (SSSR count). The maximum absolute atomic E-state index is 14.8. The number of aromatic nitrogens is 4. The third-order valence-electron chi connectivity index (χ3n) is 4.68. The molecule has 0 spiro atoms. The van der Waals surface area contributed by atoms with Crippen molar-refractivity contribution in [3.05, 3.63) is 47.2 Å². The minimum atomic E-state index is -0.646. The van der Waals surface area contributed by atoms with Gasteiger partial charge in [-0.05, 0) is 31.4 Å². The van der Waals surface area contributed by atoms with Crippen LogP contribution in [-0.2, 0) is 0 Å². The molecule has 0 radical (unpaired) electrons. The molecule has 1 amide bonds. The summed E-state index contributed by atoms with van der Waals surface area (Å²) in [6.07, 6.45) is 3.13. The first-order valence-corrected chi connectivity index (χ1v) is 8.74. The van der Waals surface area contributed by atoms with Crippen molar-refractivity contribution in [1.29, 1.82) is 0 Å². The van der Waals surface area contributed by atoms with E-state index in [9.17, 15) is 9.18 Å². The second-order valence-corrected chi connectivity index (χ2v) is 6.99. The smallest absolute Gasteiger partial charge is 0.277 e. The Morgan fingerprint density at radius 3 is 2.88 bits per heavy atom. The lowest BCUT2D eigenvalue weighted by atomic mass is 10.2. The van der Waals surface area contributed by atoms with Crippen LogP contribution in [0.1, 0.15) is 66.4 Å². The Hall–Kier alpha value is -2.77. The third-order valence-corrected chi connectivity index (χ3v) is 4.68. The molecule has 1 fully saturated rings. The fraction of sp³-hybridized carbons (Fsp3) is 0.444. The number of rotatable bonds is 3. The zero-order valence-corrected chi connectivity index (χ0v) is 14.9. The van der Waals surface area contributed by atoms with Crippen molar-refractivity contribution < 1.29 is 13.7 Å². The summed E-state index contributed by atoms with van der Waals surface area (Å²) in [5.74, 6) is 0.0498. The van der Waals surface area contributed by atoms with Gasteiger partial charge in [-0.1, -0.05) is 25.1 Å². The first-order chi connectivity index (χ1) is 12.5. The maximum Gasteiger partial charge on any atom is 0.277 e. The van der Waals surface area contributed by atoms with E-state index in [0.717, 1.165) is 12.0 Å². The molecule has 136 valence electrons. The van der Waals surface area contributed by atoms with Gasteiger partial charge in [-0.25, -0.2) is 4.98 Å². The van der Waals surface area contributed by atoms with E-state index >= 15 is 0 Å². The van der Waals surface area contributed by atoms with Crippen LogP contribution in [0, 0.1) is 12.9 Å². The highest BCUT2D eigenvalue weighted by Gasteiger charge is 2.37. The third kappa shape index (κ3) is 2.65. The monoisotopic (exact) mass is 357 g/mol. The average Bonchev–Trinajstić information content (AvgIpc) is 3.32. The molecule has 0 N–H and O–H groups in total. The second kappa shape index (κ2) is 6.19. The first-order valence-electron chi connectivity index (χ1n) is 8.74. The Morgan fingerprint density at radius 2 is 2.15 bits per heavy atom. The molecule has 0 aromatic carbocycles. The van der Waals surface area contributed by atoms with Crippen molar-refractivity contribution >= 4 is 11.6 Å². The Balaban J connectivity index is 1.67. The second-order valence-electron chi connectivity index (χ2n) is 6.99. The van der Waals surface area contributed by atoms with Gasteiger partial charge in [-0.2, -0.15) is 9.37 Å². The molecule has 0 unspecified atom stereocenters. The molecule has 1 aliphatic rings. The fourth-order valence-electron chi connectivity index (χ4n) is 3.28. The van der Waals surface area contributed by atoms with E-state index in [1.54, 1.807) is 17.2 Å². The van der Waals surface area contributed by atoms with Gasteiger partial charge in [-0.3, -0.25) is 9.20 Å². The lowest BCUT2D eigenvalue weighted by Gasteiger charge is -2.20. The summed E-state index contributed by atoms with van der Waals surface area (Å²) in [5, 5.41) is 3.97. The molecule has 1 atom stereocenters. The molecule has 3 aromatic heterocycles. The van der Waals surface area contributed by atoms with Crippen LogP contribution < -0.4 is 0 Å². The number of amides is 1. The number of pyridine rings is 1. The van der Waals surface area contributed by atoms with E-state index in [4.69, 9.17) is 4.52 Å². The predicted octanol–water partition coefficient (Wildman–Crippen LogP) is 3.27. The number of carbonyl (C=O) groups is 1. The van der Waals surface area contributed by atoms with Crippen LogP contribution in [0.15, 0.2) is 22.9 Å². The van der Waals surface area contributed by atoms with Crippen molar-refractivity contribution in [3.63, 3.8) is 0 Å². The van der Waals surface area contributed by atoms with E-state index in [1.165, 1.54) is 4.40 Å². The highest BCUT2D eigenvalue weighted by Crippen LogP contribution is 2.33. The van der Waals surface area contributed by atoms with Crippen molar-refractivity contribution in [2.75, 3.05) is 6.54 Å². The van der Waals surface area contributed by atoms with Gasteiger partial charge in [0.25, 0.3) is 5.91 Å². The molecule has 26 heavy (non-hydrogen) atoms. The zero-order valence-electron chi connectivity index (χ0n) is 14.9. The molecular weight excluding hydrogens is 337 g/mol. The SMILES string of the molecule is Cc1ccc2nc(C(=O)N3CCC[C@H]3c3nc(C(C)C)no3)c(F)n2c1. The summed E-state index contributed by atoms with van der Waals surface area (Å²) in [5.41, 5.74) is 1.12. The number of hydrogen-bond donors (Lipinski definition) is 0. The summed E-state index contributed by atoms with van der Waals surface area (Å²) >= 11 is 0. The molecule has 0 bridgehead atoms. The first kappa shape index (κ1) is 16.7. The molecular formula is C18H20FN5O2. The minimum absolute atomic E-state index is 0.136. The topological polar surface area (TPSA) is 76.5 Å². The summed E-state index contributed by atoms with van der Waals surface area (Å²) < 4.78 is 21.4. The summed E-state index contributed by atoms with van der Waals surface area (Å²) in [6, 6.07) is 3.19. The van der Waals surface area contributed by atoms with Crippen LogP contribution in [0.5, 0.6) is 0 Å². The summed E-state index contributed by atoms with van der Waals surface area (Å²) in [4.78, 5) is 23.1. The molecule has 8 heteroatoms. The molecule has 1 aliphatic heterocycles. The van der Waals surface area contributed by atoms with E-state index < -0.39 is 11.9 Å². The van der Waals surface area contributed by atoms with Crippen molar-refractivity contribution in [2.24, 2.45) is 0 Å². The largest absolute Gasteiger partial charge is 0.337 e. The summed E-state index contributed by atoms with van der Waals surface area (Å²) in [6.45, 7) is 6.31. The van der Waals surface area contributed by atoms with Crippen LogP contribution >= 0.6 is 0 Å².